The van der Waals surface area contributed by atoms with Gasteiger partial charge in [0.25, 0.3) is 11.6 Å². The van der Waals surface area contributed by atoms with Crippen molar-refractivity contribution in [3.8, 4) is 10.6 Å². The van der Waals surface area contributed by atoms with Crippen LogP contribution in [-0.2, 0) is 22.4 Å². The third kappa shape index (κ3) is 3.78. The van der Waals surface area contributed by atoms with Crippen molar-refractivity contribution in [3.63, 3.8) is 0 Å². The normalized spacial score (nSPS) is 13.7. The van der Waals surface area contributed by atoms with Crippen LogP contribution in [0.5, 0.6) is 0 Å². The summed E-state index contributed by atoms with van der Waals surface area (Å²) in [7, 11) is 0. The lowest BCUT2D eigenvalue weighted by Crippen LogP contribution is -2.30. The van der Waals surface area contributed by atoms with Crippen molar-refractivity contribution in [1.29, 1.82) is 0 Å². The van der Waals surface area contributed by atoms with Gasteiger partial charge in [0.15, 0.2) is 6.10 Å². The molecule has 0 fully saturated rings. The topological polar surface area (TPSA) is 94.3 Å². The molecule has 8 heteroatoms. The van der Waals surface area contributed by atoms with Crippen molar-refractivity contribution in [2.24, 2.45) is 0 Å². The third-order valence-electron chi connectivity index (χ3n) is 5.63. The van der Waals surface area contributed by atoms with Crippen molar-refractivity contribution in [3.05, 3.63) is 64.2 Å². The summed E-state index contributed by atoms with van der Waals surface area (Å²) in [5.41, 5.74) is 4.95. The van der Waals surface area contributed by atoms with Gasteiger partial charge in [0.05, 0.1) is 27.2 Å². The lowest BCUT2D eigenvalue weighted by atomic mass is 10.1. The van der Waals surface area contributed by atoms with Gasteiger partial charge in [-0.1, -0.05) is 17.3 Å². The summed E-state index contributed by atoms with van der Waals surface area (Å²) in [4.78, 5) is 31.1. The zero-order valence-electron chi connectivity index (χ0n) is 17.7. The number of thiophene rings is 1. The molecule has 1 aliphatic carbocycles. The Labute approximate surface area is 188 Å². The number of benzene rings is 1. The van der Waals surface area contributed by atoms with Crippen LogP contribution in [0.2, 0.25) is 0 Å². The third-order valence-corrected chi connectivity index (χ3v) is 6.52. The van der Waals surface area contributed by atoms with E-state index in [0.29, 0.717) is 22.5 Å². The van der Waals surface area contributed by atoms with Gasteiger partial charge in [0, 0.05) is 5.69 Å². The van der Waals surface area contributed by atoms with Crippen LogP contribution in [0.1, 0.15) is 40.5 Å². The number of nitrogens with one attached hydrogen (secondary N) is 1. The molecule has 3 aromatic heterocycles. The fourth-order valence-corrected chi connectivity index (χ4v) is 4.66. The van der Waals surface area contributed by atoms with E-state index in [-0.39, 0.29) is 17.2 Å². The van der Waals surface area contributed by atoms with E-state index < -0.39 is 12.1 Å². The maximum absolute atomic E-state index is 13.1. The van der Waals surface area contributed by atoms with Gasteiger partial charge in [-0.3, -0.25) is 4.79 Å². The van der Waals surface area contributed by atoms with Gasteiger partial charge in [-0.05, 0) is 73.9 Å². The van der Waals surface area contributed by atoms with E-state index in [2.05, 4.69) is 15.5 Å². The van der Waals surface area contributed by atoms with Crippen LogP contribution in [-0.4, -0.2) is 28.1 Å². The first kappa shape index (κ1) is 20.4. The second kappa shape index (κ2) is 8.20. The number of carbonyl (C=O) groups is 2. The van der Waals surface area contributed by atoms with Crippen LogP contribution >= 0.6 is 11.3 Å². The molecule has 1 N–H and O–H groups in total. The van der Waals surface area contributed by atoms with Gasteiger partial charge in [-0.15, -0.1) is 11.3 Å². The Balaban J connectivity index is 1.37. The Kier molecular flexibility index (Phi) is 5.22. The Morgan fingerprint density at radius 1 is 1.19 bits per heavy atom. The molecule has 0 saturated heterocycles. The number of carbonyl (C=O) groups excluding carboxylic acids is 2. The molecule has 0 saturated carbocycles. The number of ether oxygens (including phenoxy) is 1. The summed E-state index contributed by atoms with van der Waals surface area (Å²) < 4.78 is 10.8. The molecule has 1 atom stereocenters. The molecule has 5 rings (SSSR count). The average molecular weight is 448 g/mol. The summed E-state index contributed by atoms with van der Waals surface area (Å²) >= 11 is 1.50. The molecule has 1 aliphatic rings. The van der Waals surface area contributed by atoms with Crippen molar-refractivity contribution < 1.29 is 18.8 Å². The molecule has 1 unspecified atom stereocenters. The monoisotopic (exact) mass is 447 g/mol. The van der Waals surface area contributed by atoms with Crippen LogP contribution in [0.4, 0.5) is 5.69 Å². The number of pyridine rings is 1. The number of hydrogen-bond donors (Lipinski definition) is 1. The van der Waals surface area contributed by atoms with E-state index in [0.717, 1.165) is 24.1 Å². The lowest BCUT2D eigenvalue weighted by molar-refractivity contribution is -0.123. The molecule has 162 valence electrons. The van der Waals surface area contributed by atoms with Gasteiger partial charge < -0.3 is 14.6 Å². The summed E-state index contributed by atoms with van der Waals surface area (Å²) in [6.45, 7) is 3.29. The van der Waals surface area contributed by atoms with Gasteiger partial charge in [0.1, 0.15) is 0 Å². The molecule has 32 heavy (non-hydrogen) atoms. The van der Waals surface area contributed by atoms with Crippen LogP contribution in [0.15, 0.2) is 46.3 Å². The molecule has 0 radical (unpaired) electrons. The maximum Gasteiger partial charge on any atom is 0.339 e. The smallest absolute Gasteiger partial charge is 0.339 e. The number of aromatic nitrogens is 2. The number of hydrogen-bond acceptors (Lipinski definition) is 7. The molecule has 0 aliphatic heterocycles. The second-order valence-corrected chi connectivity index (χ2v) is 8.80. The Hall–Kier alpha value is -3.52. The van der Waals surface area contributed by atoms with Gasteiger partial charge >= 0.3 is 5.97 Å². The minimum Gasteiger partial charge on any atom is -0.449 e. The van der Waals surface area contributed by atoms with E-state index in [4.69, 9.17) is 9.26 Å². The second-order valence-electron chi connectivity index (χ2n) is 7.85. The van der Waals surface area contributed by atoms with Gasteiger partial charge in [-0.2, -0.15) is 0 Å². The van der Waals surface area contributed by atoms with E-state index in [9.17, 15) is 9.59 Å². The maximum atomic E-state index is 13.1. The quantitative estimate of drug-likeness (QED) is 0.436. The number of esters is 1. The number of aryl methyl sites for hydroxylation is 3. The molecular weight excluding hydrogens is 426 g/mol. The summed E-state index contributed by atoms with van der Waals surface area (Å²) in [5, 5.41) is 9.20. The van der Waals surface area contributed by atoms with E-state index >= 15 is 0 Å². The summed E-state index contributed by atoms with van der Waals surface area (Å²) in [6, 6.07) is 11.4. The van der Waals surface area contributed by atoms with Crippen molar-refractivity contribution in [2.75, 3.05) is 5.32 Å². The summed E-state index contributed by atoms with van der Waals surface area (Å²) in [5.74, 6) is -1.01. The summed E-state index contributed by atoms with van der Waals surface area (Å²) in [6.07, 6.45) is 2.25. The molecular formula is C24H21N3O4S. The first-order chi connectivity index (χ1) is 15.5. The molecule has 1 amide bonds. The van der Waals surface area contributed by atoms with Gasteiger partial charge in [0.2, 0.25) is 0 Å². The van der Waals surface area contributed by atoms with E-state index in [1.165, 1.54) is 22.5 Å². The minimum atomic E-state index is -0.982. The fraction of sp³-hybridized carbons (Fsp3) is 0.250. The highest BCUT2D eigenvalue weighted by molar-refractivity contribution is 7.13. The molecule has 0 bridgehead atoms. The SMILES string of the molecule is Cc1noc2nc(-c3cccs3)cc(C(=O)OC(C)C(=O)Nc3ccc4c(c3)CCC4)c12. The predicted molar refractivity (Wildman–Crippen MR) is 122 cm³/mol. The first-order valence-electron chi connectivity index (χ1n) is 10.4. The molecule has 4 aromatic rings. The minimum absolute atomic E-state index is 0.260. The number of rotatable bonds is 5. The van der Waals surface area contributed by atoms with Crippen molar-refractivity contribution in [2.45, 2.75) is 39.2 Å². The average Bonchev–Trinajstić information content (AvgIpc) is 3.54. The molecule has 3 heterocycles. The van der Waals surface area contributed by atoms with Crippen LogP contribution in [0.25, 0.3) is 21.7 Å². The largest absolute Gasteiger partial charge is 0.449 e. The number of anilines is 1. The standard InChI is InChI=1S/C24H21N3O4S/c1-13-21-18(12-19(20-7-4-10-32-20)26-23(21)31-27-13)24(29)30-14(2)22(28)25-17-9-8-15-5-3-6-16(15)11-17/h4,7-12,14H,3,5-6H2,1-2H3,(H,25,28). The lowest BCUT2D eigenvalue weighted by Gasteiger charge is -2.15. The number of nitrogens with zero attached hydrogens (tertiary/aromatic N) is 2. The Bertz CT molecular complexity index is 1330. The van der Waals surface area contributed by atoms with Crippen molar-refractivity contribution in [1.82, 2.24) is 10.1 Å². The molecule has 7 nitrogen and oxygen atoms in total. The highest BCUT2D eigenvalue weighted by atomic mass is 32.1. The van der Waals surface area contributed by atoms with Crippen LogP contribution < -0.4 is 5.32 Å². The van der Waals surface area contributed by atoms with Crippen LogP contribution in [0.3, 0.4) is 0 Å². The highest BCUT2D eigenvalue weighted by Crippen LogP contribution is 2.30. The zero-order valence-corrected chi connectivity index (χ0v) is 18.5. The highest BCUT2D eigenvalue weighted by Gasteiger charge is 2.25. The first-order valence-corrected chi connectivity index (χ1v) is 11.3. The molecule has 0 spiro atoms. The van der Waals surface area contributed by atoms with Crippen molar-refractivity contribution >= 4 is 40.0 Å². The number of amides is 1. The zero-order chi connectivity index (χ0) is 22.2. The number of fused-ring (bicyclic) bond motifs is 2. The van der Waals surface area contributed by atoms with E-state index in [1.807, 2.05) is 35.7 Å². The Morgan fingerprint density at radius 3 is 2.84 bits per heavy atom. The van der Waals surface area contributed by atoms with Gasteiger partial charge in [-0.25, -0.2) is 9.78 Å². The van der Waals surface area contributed by atoms with Crippen LogP contribution in [0, 0.1) is 6.92 Å². The predicted octanol–water partition coefficient (Wildman–Crippen LogP) is 4.93. The Morgan fingerprint density at radius 2 is 2.03 bits per heavy atom. The van der Waals surface area contributed by atoms with E-state index in [1.54, 1.807) is 19.9 Å². The fourth-order valence-electron chi connectivity index (χ4n) is 3.98. The molecule has 1 aromatic carbocycles.